The zero-order chi connectivity index (χ0) is 5.98. The van der Waals surface area contributed by atoms with Crippen molar-refractivity contribution in [2.75, 3.05) is 0 Å². The number of halogens is 1. The van der Waals surface area contributed by atoms with E-state index >= 15 is 0 Å². The normalized spacial score (nSPS) is 19.6. The van der Waals surface area contributed by atoms with Gasteiger partial charge in [0, 0.05) is 12.6 Å². The second kappa shape index (κ2) is 2.31. The molecule has 0 aromatic carbocycles. The van der Waals surface area contributed by atoms with Crippen molar-refractivity contribution in [3.05, 3.63) is 10.4 Å². The molecule has 44 valence electrons. The maximum atomic E-state index is 8.90. The lowest BCUT2D eigenvalue weighted by Crippen LogP contribution is -1.91. The van der Waals surface area contributed by atoms with E-state index in [1.807, 2.05) is 0 Å². The second-order valence-corrected chi connectivity index (χ2v) is 2.34. The number of hydrogen-bond donors (Lipinski definition) is 1. The van der Waals surface area contributed by atoms with Gasteiger partial charge in [-0.1, -0.05) is 0 Å². The molecule has 1 rings (SSSR count). The van der Waals surface area contributed by atoms with E-state index < -0.39 is 0 Å². The van der Waals surface area contributed by atoms with Crippen molar-refractivity contribution in [3.63, 3.8) is 0 Å². The summed E-state index contributed by atoms with van der Waals surface area (Å²) in [5.74, 6) is 0.354. The number of rotatable bonds is 0. The average Bonchev–Trinajstić information content (AvgIpc) is 1.77. The van der Waals surface area contributed by atoms with E-state index in [0.29, 0.717) is 16.8 Å². The van der Waals surface area contributed by atoms with Gasteiger partial charge >= 0.3 is 0 Å². The van der Waals surface area contributed by atoms with Crippen molar-refractivity contribution < 1.29 is 5.11 Å². The minimum Gasteiger partial charge on any atom is -0.509 e. The first-order valence-electron chi connectivity index (χ1n) is 2.41. The molecule has 0 bridgehead atoms. The zero-order valence-corrected chi connectivity index (χ0v) is 5.85. The van der Waals surface area contributed by atoms with Crippen LogP contribution in [0.4, 0.5) is 0 Å². The maximum Gasteiger partial charge on any atom is 0.142 e. The fourth-order valence-corrected chi connectivity index (χ4v) is 0.867. The summed E-state index contributed by atoms with van der Waals surface area (Å²) in [7, 11) is 0. The third-order valence-electron chi connectivity index (χ3n) is 0.953. The number of hydrogen-bond acceptors (Lipinski definition) is 2. The van der Waals surface area contributed by atoms with Crippen LogP contribution in [0.5, 0.6) is 0 Å². The number of nitrogens with zero attached hydrogens (tertiary/aromatic N) is 1. The maximum absolute atomic E-state index is 8.90. The molecule has 0 amide bonds. The first-order chi connectivity index (χ1) is 3.80. The smallest absolute Gasteiger partial charge is 0.142 e. The Morgan fingerprint density at radius 2 is 2.50 bits per heavy atom. The molecular weight excluding hydrogens is 170 g/mol. The van der Waals surface area contributed by atoms with Crippen LogP contribution in [0.15, 0.2) is 15.4 Å². The van der Waals surface area contributed by atoms with Crippen LogP contribution in [0.1, 0.15) is 12.8 Å². The Morgan fingerprint density at radius 3 is 2.88 bits per heavy atom. The number of aliphatic hydroxyl groups is 1. The lowest BCUT2D eigenvalue weighted by atomic mass is 10.2. The Hall–Kier alpha value is -0.310. The topological polar surface area (TPSA) is 32.6 Å². The molecule has 0 fully saturated rings. The Kier molecular flexibility index (Phi) is 1.68. The Morgan fingerprint density at radius 1 is 1.75 bits per heavy atom. The number of aliphatic imine (C=N–C) groups is 1. The third-order valence-corrected chi connectivity index (χ3v) is 1.62. The number of aliphatic hydroxyl groups excluding tert-OH is 1. The fraction of sp³-hybridized carbons (Fsp3) is 0.400. The molecule has 0 saturated carbocycles. The number of allylic oxidation sites excluding steroid dienone is 1. The largest absolute Gasteiger partial charge is 0.509 e. The summed E-state index contributed by atoms with van der Waals surface area (Å²) in [5.41, 5.74) is 0. The summed E-state index contributed by atoms with van der Waals surface area (Å²) in [5, 5.41) is 8.90. The van der Waals surface area contributed by atoms with Crippen molar-refractivity contribution >= 4 is 22.1 Å². The average molecular weight is 176 g/mol. The molecule has 2 nitrogen and oxygen atoms in total. The summed E-state index contributed by atoms with van der Waals surface area (Å²) >= 11 is 3.09. The van der Waals surface area contributed by atoms with Gasteiger partial charge in [-0.3, -0.25) is 4.99 Å². The van der Waals surface area contributed by atoms with Gasteiger partial charge in [-0.2, -0.15) is 0 Å². The molecule has 0 atom stereocenters. The predicted octanol–water partition coefficient (Wildman–Crippen LogP) is 1.97. The molecule has 0 radical (unpaired) electrons. The van der Waals surface area contributed by atoms with Crippen molar-refractivity contribution in [1.29, 1.82) is 0 Å². The van der Waals surface area contributed by atoms with E-state index in [4.69, 9.17) is 5.11 Å². The van der Waals surface area contributed by atoms with Crippen LogP contribution >= 0.6 is 15.9 Å². The fourth-order valence-electron chi connectivity index (χ4n) is 0.524. The van der Waals surface area contributed by atoms with Gasteiger partial charge in [0.15, 0.2) is 0 Å². The van der Waals surface area contributed by atoms with Crippen molar-refractivity contribution in [2.45, 2.75) is 12.8 Å². The minimum atomic E-state index is 0.354. The standard InChI is InChI=1S/C5H6BrNO/c6-5-4(8)2-1-3-7-5/h3,8H,1-2H2. The Bertz CT molecular complexity index is 151. The van der Waals surface area contributed by atoms with Gasteiger partial charge in [0.25, 0.3) is 0 Å². The molecular formula is C5H6BrNO. The third kappa shape index (κ3) is 1.10. The van der Waals surface area contributed by atoms with E-state index in [1.165, 1.54) is 0 Å². The molecule has 1 aliphatic rings. The van der Waals surface area contributed by atoms with Gasteiger partial charge < -0.3 is 5.11 Å². The van der Waals surface area contributed by atoms with Gasteiger partial charge in [0.1, 0.15) is 10.4 Å². The molecule has 1 N–H and O–H groups in total. The van der Waals surface area contributed by atoms with Crippen LogP contribution in [0.25, 0.3) is 0 Å². The van der Waals surface area contributed by atoms with Gasteiger partial charge in [-0.25, -0.2) is 0 Å². The van der Waals surface area contributed by atoms with Crippen LogP contribution in [-0.2, 0) is 0 Å². The highest BCUT2D eigenvalue weighted by Crippen LogP contribution is 2.18. The molecule has 0 spiro atoms. The molecule has 0 aliphatic carbocycles. The summed E-state index contributed by atoms with van der Waals surface area (Å²) in [6, 6.07) is 0. The van der Waals surface area contributed by atoms with Gasteiger partial charge in [-0.15, -0.1) is 0 Å². The quantitative estimate of drug-likeness (QED) is 0.562. The highest BCUT2D eigenvalue weighted by molar-refractivity contribution is 9.11. The van der Waals surface area contributed by atoms with Crippen LogP contribution in [0, 0.1) is 0 Å². The molecule has 0 aromatic rings. The van der Waals surface area contributed by atoms with Gasteiger partial charge in [0.05, 0.1) is 0 Å². The molecule has 0 unspecified atom stereocenters. The molecule has 3 heteroatoms. The predicted molar refractivity (Wildman–Crippen MR) is 36.3 cm³/mol. The van der Waals surface area contributed by atoms with E-state index in [2.05, 4.69) is 20.9 Å². The molecule has 0 aromatic heterocycles. The molecule has 8 heavy (non-hydrogen) atoms. The van der Waals surface area contributed by atoms with Crippen LogP contribution in [0.2, 0.25) is 0 Å². The molecule has 1 aliphatic heterocycles. The SMILES string of the molecule is OC1=C(Br)N=CCC1. The van der Waals surface area contributed by atoms with Gasteiger partial charge in [-0.05, 0) is 22.4 Å². The first-order valence-corrected chi connectivity index (χ1v) is 3.20. The van der Waals surface area contributed by atoms with E-state index in [0.717, 1.165) is 6.42 Å². The van der Waals surface area contributed by atoms with Crippen LogP contribution in [0.3, 0.4) is 0 Å². The van der Waals surface area contributed by atoms with Crippen molar-refractivity contribution in [1.82, 2.24) is 0 Å². The van der Waals surface area contributed by atoms with E-state index in [-0.39, 0.29) is 0 Å². The highest BCUT2D eigenvalue weighted by Gasteiger charge is 2.02. The van der Waals surface area contributed by atoms with Crippen LogP contribution in [-0.4, -0.2) is 11.3 Å². The summed E-state index contributed by atoms with van der Waals surface area (Å²) in [6.07, 6.45) is 3.34. The van der Waals surface area contributed by atoms with Crippen molar-refractivity contribution in [2.24, 2.45) is 4.99 Å². The Labute approximate surface area is 56.1 Å². The lowest BCUT2D eigenvalue weighted by Gasteiger charge is -2.02. The summed E-state index contributed by atoms with van der Waals surface area (Å²) < 4.78 is 0.573. The Balaban J connectivity index is 2.76. The highest BCUT2D eigenvalue weighted by atomic mass is 79.9. The first kappa shape index (κ1) is 5.82. The van der Waals surface area contributed by atoms with Crippen LogP contribution < -0.4 is 0 Å². The zero-order valence-electron chi connectivity index (χ0n) is 4.26. The molecule has 0 saturated heterocycles. The minimum absolute atomic E-state index is 0.354. The monoisotopic (exact) mass is 175 g/mol. The van der Waals surface area contributed by atoms with E-state index in [1.54, 1.807) is 6.21 Å². The summed E-state index contributed by atoms with van der Waals surface area (Å²) in [6.45, 7) is 0. The molecule has 1 heterocycles. The van der Waals surface area contributed by atoms with Gasteiger partial charge in [0.2, 0.25) is 0 Å². The van der Waals surface area contributed by atoms with Crippen molar-refractivity contribution in [3.8, 4) is 0 Å². The summed E-state index contributed by atoms with van der Waals surface area (Å²) in [4.78, 5) is 3.83. The second-order valence-electron chi connectivity index (χ2n) is 1.59. The van der Waals surface area contributed by atoms with E-state index in [9.17, 15) is 0 Å². The lowest BCUT2D eigenvalue weighted by molar-refractivity contribution is 0.386.